The molecule has 3 fully saturated rings. The number of aromatic nitrogens is 2. The van der Waals surface area contributed by atoms with Gasteiger partial charge in [-0.1, -0.05) is 31.9 Å². The van der Waals surface area contributed by atoms with Crippen molar-refractivity contribution >= 4 is 16.7 Å². The molecule has 5 heteroatoms. The van der Waals surface area contributed by atoms with Gasteiger partial charge in [-0.15, -0.1) is 0 Å². The minimum Gasteiger partial charge on any atom is -0.388 e. The Labute approximate surface area is 167 Å². The minimum atomic E-state index is -0.104. The Hall–Kier alpha value is -1.72. The highest BCUT2D eigenvalue weighted by Crippen LogP contribution is 2.43. The molecule has 28 heavy (non-hydrogen) atoms. The lowest BCUT2D eigenvalue weighted by Gasteiger charge is -2.57. The monoisotopic (exact) mass is 380 g/mol. The molecule has 3 saturated heterocycles. The standard InChI is InChI=1S/C23H32N4O/c1-2-7-20-16-12-17(21-10-5-6-11-27(20)21)14-26(13-16)23-18-8-3-4-9-19(18)24-22(15-28)25-23/h3-4,8-9,16-17,20-21,28H,2,5-7,10-15H2,1H3/t16-,17+,20-,21-/m0/s1. The number of aliphatic hydroxyl groups excluding tert-OH is 1. The highest BCUT2D eigenvalue weighted by molar-refractivity contribution is 5.89. The lowest BCUT2D eigenvalue weighted by atomic mass is 9.71. The Bertz CT molecular complexity index is 840. The van der Waals surface area contributed by atoms with Crippen molar-refractivity contribution in [3.8, 4) is 0 Å². The van der Waals surface area contributed by atoms with Crippen LogP contribution in [0.2, 0.25) is 0 Å². The zero-order valence-corrected chi connectivity index (χ0v) is 16.9. The van der Waals surface area contributed by atoms with Crippen molar-refractivity contribution < 1.29 is 5.11 Å². The highest BCUT2D eigenvalue weighted by atomic mass is 16.3. The first-order chi connectivity index (χ1) is 13.8. The third kappa shape index (κ3) is 3.09. The summed E-state index contributed by atoms with van der Waals surface area (Å²) in [7, 11) is 0. The highest BCUT2D eigenvalue weighted by Gasteiger charge is 2.47. The van der Waals surface area contributed by atoms with Gasteiger partial charge in [-0.25, -0.2) is 9.97 Å². The zero-order valence-electron chi connectivity index (χ0n) is 16.9. The number of para-hydroxylation sites is 1. The van der Waals surface area contributed by atoms with E-state index in [1.54, 1.807) is 0 Å². The molecule has 0 amide bonds. The van der Waals surface area contributed by atoms with Gasteiger partial charge in [-0.3, -0.25) is 4.90 Å². The number of benzene rings is 1. The summed E-state index contributed by atoms with van der Waals surface area (Å²) in [5, 5.41) is 10.8. The van der Waals surface area contributed by atoms with Gasteiger partial charge in [-0.05, 0) is 56.2 Å². The van der Waals surface area contributed by atoms with Crippen molar-refractivity contribution in [1.82, 2.24) is 14.9 Å². The molecule has 2 aromatic rings. The van der Waals surface area contributed by atoms with Crippen molar-refractivity contribution in [3.63, 3.8) is 0 Å². The molecule has 0 unspecified atom stereocenters. The number of hydrogen-bond donors (Lipinski definition) is 1. The first-order valence-corrected chi connectivity index (χ1v) is 11.2. The van der Waals surface area contributed by atoms with Gasteiger partial charge in [0.2, 0.25) is 0 Å². The maximum atomic E-state index is 9.70. The van der Waals surface area contributed by atoms with Gasteiger partial charge >= 0.3 is 0 Å². The largest absolute Gasteiger partial charge is 0.388 e. The Morgan fingerprint density at radius 1 is 1.11 bits per heavy atom. The third-order valence-corrected chi connectivity index (χ3v) is 7.28. The van der Waals surface area contributed by atoms with Crippen LogP contribution in [0.4, 0.5) is 5.82 Å². The summed E-state index contributed by atoms with van der Waals surface area (Å²) in [5.74, 6) is 3.02. The first kappa shape index (κ1) is 18.3. The lowest BCUT2D eigenvalue weighted by Crippen LogP contribution is -2.63. The van der Waals surface area contributed by atoms with Crippen molar-refractivity contribution in [2.24, 2.45) is 11.8 Å². The van der Waals surface area contributed by atoms with Crippen LogP contribution in [0, 0.1) is 11.8 Å². The third-order valence-electron chi connectivity index (χ3n) is 7.28. The molecular weight excluding hydrogens is 348 g/mol. The number of piperidine rings is 3. The SMILES string of the molecule is CCC[C@H]1[C@H]2C[C@H](CN(c3nc(CO)nc4ccccc34)C2)[C@@H]2CCCCN21. The predicted octanol–water partition coefficient (Wildman–Crippen LogP) is 3.60. The molecule has 1 aromatic heterocycles. The Kier molecular flexibility index (Phi) is 4.97. The van der Waals surface area contributed by atoms with Crippen LogP contribution in [0.5, 0.6) is 0 Å². The van der Waals surface area contributed by atoms with E-state index in [1.165, 1.54) is 45.1 Å². The van der Waals surface area contributed by atoms with E-state index in [-0.39, 0.29) is 6.61 Å². The van der Waals surface area contributed by atoms with Gasteiger partial charge in [0.1, 0.15) is 12.4 Å². The van der Waals surface area contributed by atoms with Crippen LogP contribution >= 0.6 is 0 Å². The number of aliphatic hydroxyl groups is 1. The summed E-state index contributed by atoms with van der Waals surface area (Å²) < 4.78 is 0. The summed E-state index contributed by atoms with van der Waals surface area (Å²) >= 11 is 0. The van der Waals surface area contributed by atoms with Crippen LogP contribution in [-0.4, -0.2) is 51.7 Å². The van der Waals surface area contributed by atoms with E-state index in [1.807, 2.05) is 12.1 Å². The normalized spacial score (nSPS) is 30.4. The van der Waals surface area contributed by atoms with Gasteiger partial charge in [0.25, 0.3) is 0 Å². The minimum absolute atomic E-state index is 0.104. The van der Waals surface area contributed by atoms with E-state index >= 15 is 0 Å². The maximum absolute atomic E-state index is 9.70. The molecule has 1 N–H and O–H groups in total. The van der Waals surface area contributed by atoms with Crippen LogP contribution in [-0.2, 0) is 6.61 Å². The molecule has 2 bridgehead atoms. The van der Waals surface area contributed by atoms with Crippen LogP contribution in [0.1, 0.15) is 51.3 Å². The van der Waals surface area contributed by atoms with Gasteiger partial charge in [0.15, 0.2) is 5.82 Å². The first-order valence-electron chi connectivity index (χ1n) is 11.2. The van der Waals surface area contributed by atoms with E-state index in [0.29, 0.717) is 5.82 Å². The molecule has 5 nitrogen and oxygen atoms in total. The fourth-order valence-corrected chi connectivity index (χ4v) is 6.19. The predicted molar refractivity (Wildman–Crippen MR) is 112 cm³/mol. The number of hydrogen-bond acceptors (Lipinski definition) is 5. The summed E-state index contributed by atoms with van der Waals surface area (Å²) in [6.07, 6.45) is 8.06. The van der Waals surface area contributed by atoms with Crippen molar-refractivity contribution in [2.45, 2.75) is 64.1 Å². The van der Waals surface area contributed by atoms with E-state index in [0.717, 1.165) is 53.7 Å². The van der Waals surface area contributed by atoms with Gasteiger partial charge in [0.05, 0.1) is 5.52 Å². The van der Waals surface area contributed by atoms with E-state index in [9.17, 15) is 5.11 Å². The van der Waals surface area contributed by atoms with E-state index in [4.69, 9.17) is 4.98 Å². The van der Waals surface area contributed by atoms with E-state index < -0.39 is 0 Å². The molecule has 0 spiro atoms. The van der Waals surface area contributed by atoms with Crippen molar-refractivity contribution in [1.29, 1.82) is 0 Å². The molecule has 0 aliphatic carbocycles. The lowest BCUT2D eigenvalue weighted by molar-refractivity contribution is -0.0354. The average molecular weight is 381 g/mol. The smallest absolute Gasteiger partial charge is 0.156 e. The molecular formula is C23H32N4O. The second-order valence-electron chi connectivity index (χ2n) is 8.96. The zero-order chi connectivity index (χ0) is 19.1. The van der Waals surface area contributed by atoms with Crippen LogP contribution in [0.15, 0.2) is 24.3 Å². The Morgan fingerprint density at radius 2 is 1.96 bits per heavy atom. The molecule has 1 aromatic carbocycles. The molecule has 4 atom stereocenters. The molecule has 3 aliphatic rings. The van der Waals surface area contributed by atoms with Gasteiger partial charge in [0, 0.05) is 30.6 Å². The summed E-state index contributed by atoms with van der Waals surface area (Å²) in [5.41, 5.74) is 0.941. The topological polar surface area (TPSA) is 52.5 Å². The van der Waals surface area contributed by atoms with Crippen molar-refractivity contribution in [3.05, 3.63) is 30.1 Å². The molecule has 0 saturated carbocycles. The molecule has 3 aliphatic heterocycles. The quantitative estimate of drug-likeness (QED) is 0.878. The maximum Gasteiger partial charge on any atom is 0.156 e. The second kappa shape index (κ2) is 7.60. The Morgan fingerprint density at radius 3 is 2.82 bits per heavy atom. The summed E-state index contributed by atoms with van der Waals surface area (Å²) in [4.78, 5) is 14.7. The summed E-state index contributed by atoms with van der Waals surface area (Å²) in [6.45, 7) is 5.69. The van der Waals surface area contributed by atoms with Gasteiger partial charge in [-0.2, -0.15) is 0 Å². The van der Waals surface area contributed by atoms with Crippen LogP contribution < -0.4 is 4.90 Å². The number of nitrogens with zero attached hydrogens (tertiary/aromatic N) is 4. The molecule has 0 radical (unpaired) electrons. The molecule has 150 valence electrons. The van der Waals surface area contributed by atoms with E-state index in [2.05, 4.69) is 33.8 Å². The average Bonchev–Trinajstić information content (AvgIpc) is 2.75. The number of rotatable bonds is 4. The fourth-order valence-electron chi connectivity index (χ4n) is 6.19. The molecule has 5 rings (SSSR count). The van der Waals surface area contributed by atoms with Crippen LogP contribution in [0.3, 0.4) is 0 Å². The summed E-state index contributed by atoms with van der Waals surface area (Å²) in [6, 6.07) is 9.72. The Balaban J connectivity index is 1.52. The molecule has 4 heterocycles. The second-order valence-corrected chi connectivity index (χ2v) is 8.96. The van der Waals surface area contributed by atoms with Crippen LogP contribution in [0.25, 0.3) is 10.9 Å². The fraction of sp³-hybridized carbons (Fsp3) is 0.652. The number of fused-ring (bicyclic) bond motifs is 5. The number of anilines is 1. The van der Waals surface area contributed by atoms with Gasteiger partial charge < -0.3 is 10.0 Å². The van der Waals surface area contributed by atoms with Crippen molar-refractivity contribution in [2.75, 3.05) is 24.5 Å².